The van der Waals surface area contributed by atoms with Crippen LogP contribution in [0.3, 0.4) is 0 Å². The molecule has 64 valence electrons. The van der Waals surface area contributed by atoms with E-state index < -0.39 is 0 Å². The zero-order chi connectivity index (χ0) is 8.39. The molecule has 0 aliphatic heterocycles. The zero-order valence-electron chi connectivity index (χ0n) is 7.08. The third-order valence-electron chi connectivity index (χ3n) is 2.44. The molecule has 0 radical (unpaired) electrons. The lowest BCUT2D eigenvalue weighted by molar-refractivity contribution is 0.276. The highest BCUT2D eigenvalue weighted by molar-refractivity contribution is 5.28. The topological polar surface area (TPSA) is 33.1 Å². The van der Waals surface area contributed by atoms with Crippen molar-refractivity contribution < 1.29 is 5.11 Å². The summed E-state index contributed by atoms with van der Waals surface area (Å²) in [6.07, 6.45) is 6.80. The van der Waals surface area contributed by atoms with Gasteiger partial charge in [0.15, 0.2) is 0 Å². The second-order valence-corrected chi connectivity index (χ2v) is 3.31. The minimum absolute atomic E-state index is 0.0628. The van der Waals surface area contributed by atoms with Gasteiger partial charge in [0.2, 0.25) is 0 Å². The SMILES string of the molecule is OCc1cc2c(cn1)CCCC2. The van der Waals surface area contributed by atoms with Crippen molar-refractivity contribution >= 4 is 0 Å². The van der Waals surface area contributed by atoms with Crippen LogP contribution in [-0.2, 0) is 19.4 Å². The maximum atomic E-state index is 8.88. The van der Waals surface area contributed by atoms with Crippen LogP contribution in [0.1, 0.15) is 29.7 Å². The van der Waals surface area contributed by atoms with E-state index in [-0.39, 0.29) is 6.61 Å². The second kappa shape index (κ2) is 3.23. The molecule has 2 heteroatoms. The van der Waals surface area contributed by atoms with Crippen LogP contribution in [0.15, 0.2) is 12.3 Å². The van der Waals surface area contributed by atoms with Crippen molar-refractivity contribution in [3.05, 3.63) is 29.1 Å². The zero-order valence-corrected chi connectivity index (χ0v) is 7.08. The van der Waals surface area contributed by atoms with Gasteiger partial charge >= 0.3 is 0 Å². The summed E-state index contributed by atoms with van der Waals surface area (Å²) in [5.74, 6) is 0. The van der Waals surface area contributed by atoms with Crippen molar-refractivity contribution in [2.45, 2.75) is 32.3 Å². The third kappa shape index (κ3) is 1.34. The first-order chi connectivity index (χ1) is 5.90. The Morgan fingerprint density at radius 1 is 1.25 bits per heavy atom. The summed E-state index contributed by atoms with van der Waals surface area (Å²) in [6.45, 7) is 0.0628. The molecule has 2 nitrogen and oxygen atoms in total. The van der Waals surface area contributed by atoms with Crippen molar-refractivity contribution in [2.75, 3.05) is 0 Å². The summed E-state index contributed by atoms with van der Waals surface area (Å²) < 4.78 is 0. The smallest absolute Gasteiger partial charge is 0.0853 e. The van der Waals surface area contributed by atoms with Gasteiger partial charge in [0.25, 0.3) is 0 Å². The molecule has 1 aromatic rings. The van der Waals surface area contributed by atoms with Gasteiger partial charge in [0.05, 0.1) is 12.3 Å². The summed E-state index contributed by atoms with van der Waals surface area (Å²) in [4.78, 5) is 4.16. The molecule has 0 bridgehead atoms. The molecular formula is C10H13NO. The number of hydrogen-bond acceptors (Lipinski definition) is 2. The molecule has 0 spiro atoms. The highest BCUT2D eigenvalue weighted by Crippen LogP contribution is 2.20. The lowest BCUT2D eigenvalue weighted by Gasteiger charge is -2.15. The van der Waals surface area contributed by atoms with Gasteiger partial charge in [-0.3, -0.25) is 4.98 Å². The Hall–Kier alpha value is -0.890. The van der Waals surface area contributed by atoms with E-state index >= 15 is 0 Å². The first-order valence-electron chi connectivity index (χ1n) is 4.47. The third-order valence-corrected chi connectivity index (χ3v) is 2.44. The Morgan fingerprint density at radius 2 is 2.00 bits per heavy atom. The molecule has 0 amide bonds. The number of nitrogens with zero attached hydrogens (tertiary/aromatic N) is 1. The molecular weight excluding hydrogens is 150 g/mol. The van der Waals surface area contributed by atoms with Crippen molar-refractivity contribution in [1.29, 1.82) is 0 Å². The molecule has 0 aromatic carbocycles. The van der Waals surface area contributed by atoms with E-state index in [1.807, 2.05) is 12.3 Å². The molecule has 1 aromatic heterocycles. The molecule has 1 N–H and O–H groups in total. The average Bonchev–Trinajstić information content (AvgIpc) is 2.17. The van der Waals surface area contributed by atoms with Crippen LogP contribution >= 0.6 is 0 Å². The van der Waals surface area contributed by atoms with E-state index in [1.54, 1.807) is 0 Å². The molecule has 1 heterocycles. The monoisotopic (exact) mass is 163 g/mol. The molecule has 0 saturated heterocycles. The lowest BCUT2D eigenvalue weighted by atomic mass is 9.93. The van der Waals surface area contributed by atoms with Crippen LogP contribution in [0.5, 0.6) is 0 Å². The second-order valence-electron chi connectivity index (χ2n) is 3.31. The Kier molecular flexibility index (Phi) is 2.09. The molecule has 12 heavy (non-hydrogen) atoms. The largest absolute Gasteiger partial charge is 0.390 e. The fourth-order valence-electron chi connectivity index (χ4n) is 1.75. The van der Waals surface area contributed by atoms with Gasteiger partial charge in [-0.15, -0.1) is 0 Å². The highest BCUT2D eigenvalue weighted by atomic mass is 16.3. The highest BCUT2D eigenvalue weighted by Gasteiger charge is 2.09. The summed E-state index contributed by atoms with van der Waals surface area (Å²) >= 11 is 0. The van der Waals surface area contributed by atoms with Gasteiger partial charge in [0.1, 0.15) is 0 Å². The van der Waals surface area contributed by atoms with E-state index in [1.165, 1.54) is 24.0 Å². The number of rotatable bonds is 1. The van der Waals surface area contributed by atoms with E-state index in [0.29, 0.717) is 0 Å². The minimum atomic E-state index is 0.0628. The predicted molar refractivity (Wildman–Crippen MR) is 46.8 cm³/mol. The summed E-state index contributed by atoms with van der Waals surface area (Å²) in [5.41, 5.74) is 3.56. The van der Waals surface area contributed by atoms with Gasteiger partial charge < -0.3 is 5.11 Å². The van der Waals surface area contributed by atoms with E-state index in [0.717, 1.165) is 18.5 Å². The van der Waals surface area contributed by atoms with Crippen LogP contribution in [0.2, 0.25) is 0 Å². The van der Waals surface area contributed by atoms with Gasteiger partial charge in [-0.25, -0.2) is 0 Å². The number of aryl methyl sites for hydroxylation is 2. The standard InChI is InChI=1S/C10H13NO/c12-7-10-5-8-3-1-2-4-9(8)6-11-10/h5-6,12H,1-4,7H2. The molecule has 0 saturated carbocycles. The van der Waals surface area contributed by atoms with Gasteiger partial charge in [-0.05, 0) is 42.9 Å². The first kappa shape index (κ1) is 7.74. The Balaban J connectivity index is 2.36. The molecule has 0 fully saturated rings. The Morgan fingerprint density at radius 3 is 2.75 bits per heavy atom. The van der Waals surface area contributed by atoms with Crippen LogP contribution in [-0.4, -0.2) is 10.1 Å². The van der Waals surface area contributed by atoms with Crippen molar-refractivity contribution in [3.63, 3.8) is 0 Å². The normalized spacial score (nSPS) is 15.8. The van der Waals surface area contributed by atoms with E-state index in [9.17, 15) is 0 Å². The fourth-order valence-corrected chi connectivity index (χ4v) is 1.75. The maximum Gasteiger partial charge on any atom is 0.0853 e. The molecule has 2 rings (SSSR count). The molecule has 0 unspecified atom stereocenters. The van der Waals surface area contributed by atoms with Crippen molar-refractivity contribution in [1.82, 2.24) is 4.98 Å². The number of aromatic nitrogens is 1. The summed E-state index contributed by atoms with van der Waals surface area (Å²) in [6, 6.07) is 2.04. The first-order valence-corrected chi connectivity index (χ1v) is 4.47. The number of fused-ring (bicyclic) bond motifs is 1. The maximum absolute atomic E-state index is 8.88. The lowest BCUT2D eigenvalue weighted by Crippen LogP contribution is -2.04. The quantitative estimate of drug-likeness (QED) is 0.679. The molecule has 1 aliphatic carbocycles. The van der Waals surface area contributed by atoms with Crippen molar-refractivity contribution in [2.24, 2.45) is 0 Å². The van der Waals surface area contributed by atoms with Gasteiger partial charge in [-0.1, -0.05) is 0 Å². The number of aliphatic hydroxyl groups excluding tert-OH is 1. The van der Waals surface area contributed by atoms with E-state index in [2.05, 4.69) is 4.98 Å². The van der Waals surface area contributed by atoms with Crippen LogP contribution in [0, 0.1) is 0 Å². The molecule has 0 atom stereocenters. The van der Waals surface area contributed by atoms with Gasteiger partial charge in [-0.2, -0.15) is 0 Å². The van der Waals surface area contributed by atoms with Crippen LogP contribution < -0.4 is 0 Å². The van der Waals surface area contributed by atoms with E-state index in [4.69, 9.17) is 5.11 Å². The number of aliphatic hydroxyl groups is 1. The Labute approximate surface area is 72.3 Å². The Bertz CT molecular complexity index is 283. The summed E-state index contributed by atoms with van der Waals surface area (Å²) in [7, 11) is 0. The average molecular weight is 163 g/mol. The summed E-state index contributed by atoms with van der Waals surface area (Å²) in [5, 5.41) is 8.88. The molecule has 1 aliphatic rings. The van der Waals surface area contributed by atoms with Gasteiger partial charge in [0, 0.05) is 6.20 Å². The number of hydrogen-bond donors (Lipinski definition) is 1. The predicted octanol–water partition coefficient (Wildman–Crippen LogP) is 1.45. The number of pyridine rings is 1. The minimum Gasteiger partial charge on any atom is -0.390 e. The van der Waals surface area contributed by atoms with Crippen molar-refractivity contribution in [3.8, 4) is 0 Å². The fraction of sp³-hybridized carbons (Fsp3) is 0.500. The van der Waals surface area contributed by atoms with Crippen LogP contribution in [0.4, 0.5) is 0 Å². The van der Waals surface area contributed by atoms with Crippen LogP contribution in [0.25, 0.3) is 0 Å².